The molecule has 0 saturated heterocycles. The smallest absolute Gasteiger partial charge is 0.352 e. The van der Waals surface area contributed by atoms with Gasteiger partial charge >= 0.3 is 5.97 Å². The molecule has 114 valence electrons. The van der Waals surface area contributed by atoms with Crippen molar-refractivity contribution in [3.05, 3.63) is 40.6 Å². The van der Waals surface area contributed by atoms with Gasteiger partial charge in [-0.25, -0.2) is 4.79 Å². The molecule has 3 rings (SSSR count). The normalized spacial score (nSPS) is 16.5. The zero-order valence-electron chi connectivity index (χ0n) is 11.5. The van der Waals surface area contributed by atoms with Crippen LogP contribution in [0.1, 0.15) is 18.5 Å². The molecule has 0 bridgehead atoms. The Kier molecular flexibility index (Phi) is 3.68. The van der Waals surface area contributed by atoms with E-state index in [0.717, 1.165) is 5.56 Å². The minimum Gasteiger partial charge on any atom is -0.492 e. The summed E-state index contributed by atoms with van der Waals surface area (Å²) in [5, 5.41) is 23.5. The maximum atomic E-state index is 11.2. The van der Waals surface area contributed by atoms with Gasteiger partial charge in [-0.1, -0.05) is 22.8 Å². The van der Waals surface area contributed by atoms with Crippen molar-refractivity contribution in [2.45, 2.75) is 13.0 Å². The molecule has 0 amide bonds. The molecule has 1 aromatic carbocycles. The maximum Gasteiger partial charge on any atom is 0.352 e. The van der Waals surface area contributed by atoms with Gasteiger partial charge in [0.25, 0.3) is 0 Å². The molecule has 0 unspecified atom stereocenters. The number of benzene rings is 1. The second kappa shape index (κ2) is 5.64. The number of anilines is 1. The van der Waals surface area contributed by atoms with E-state index in [-0.39, 0.29) is 11.6 Å². The number of carboxylic acids is 1. The van der Waals surface area contributed by atoms with E-state index in [2.05, 4.69) is 20.8 Å². The number of nitrogens with zero attached hydrogens (tertiary/aromatic N) is 4. The minimum absolute atomic E-state index is 0.0114. The third kappa shape index (κ3) is 2.48. The molecule has 0 aliphatic carbocycles. The summed E-state index contributed by atoms with van der Waals surface area (Å²) in [7, 11) is 0. The number of nitrogens with one attached hydrogen (secondary N) is 1. The molecule has 9 heteroatoms. The highest BCUT2D eigenvalue weighted by atomic mass is 35.5. The summed E-state index contributed by atoms with van der Waals surface area (Å²) in [4.78, 5) is 11.2. The first-order chi connectivity index (χ1) is 10.6. The SMILES string of the molecule is CCOc1ccc([C@@H]2C=C(C(=O)O)Nc3nnnn32)cc1Cl. The highest BCUT2D eigenvalue weighted by Crippen LogP contribution is 2.32. The zero-order chi connectivity index (χ0) is 15.7. The van der Waals surface area contributed by atoms with Crippen LogP contribution in [-0.2, 0) is 4.79 Å². The summed E-state index contributed by atoms with van der Waals surface area (Å²) >= 11 is 6.19. The average molecular weight is 322 g/mol. The van der Waals surface area contributed by atoms with Gasteiger partial charge in [-0.2, -0.15) is 4.68 Å². The van der Waals surface area contributed by atoms with E-state index in [4.69, 9.17) is 16.3 Å². The van der Waals surface area contributed by atoms with Crippen molar-refractivity contribution in [3.8, 4) is 5.75 Å². The second-order valence-corrected chi connectivity index (χ2v) is 4.93. The van der Waals surface area contributed by atoms with Gasteiger partial charge in [-0.05, 0) is 41.1 Å². The van der Waals surface area contributed by atoms with E-state index in [1.165, 1.54) is 10.8 Å². The number of tetrazole rings is 1. The first-order valence-corrected chi connectivity index (χ1v) is 6.90. The van der Waals surface area contributed by atoms with Crippen LogP contribution in [0.5, 0.6) is 5.75 Å². The fourth-order valence-corrected chi connectivity index (χ4v) is 2.43. The van der Waals surface area contributed by atoms with Crippen LogP contribution in [0.4, 0.5) is 5.95 Å². The predicted octanol–water partition coefficient (Wildman–Crippen LogP) is 1.71. The number of carboxylic acid groups (broad SMARTS) is 1. The number of carbonyl (C=O) groups is 1. The van der Waals surface area contributed by atoms with Gasteiger partial charge in [0.15, 0.2) is 0 Å². The Bertz CT molecular complexity index is 758. The topological polar surface area (TPSA) is 102 Å². The van der Waals surface area contributed by atoms with Gasteiger partial charge in [0.1, 0.15) is 17.5 Å². The number of rotatable bonds is 4. The molecule has 2 N–H and O–H groups in total. The van der Waals surface area contributed by atoms with Crippen LogP contribution in [0.2, 0.25) is 5.02 Å². The van der Waals surface area contributed by atoms with E-state index >= 15 is 0 Å². The first-order valence-electron chi connectivity index (χ1n) is 6.52. The third-order valence-corrected chi connectivity index (χ3v) is 3.45. The molecular formula is C13H12ClN5O3. The number of aromatic nitrogens is 4. The zero-order valence-corrected chi connectivity index (χ0v) is 12.3. The van der Waals surface area contributed by atoms with E-state index in [0.29, 0.717) is 17.4 Å². The highest BCUT2D eigenvalue weighted by molar-refractivity contribution is 6.32. The molecule has 0 saturated carbocycles. The Balaban J connectivity index is 2.03. The van der Waals surface area contributed by atoms with Crippen LogP contribution in [0.15, 0.2) is 30.0 Å². The molecule has 1 aliphatic rings. The molecular weight excluding hydrogens is 310 g/mol. The maximum absolute atomic E-state index is 11.2. The van der Waals surface area contributed by atoms with Gasteiger partial charge in [-0.15, -0.1) is 0 Å². The van der Waals surface area contributed by atoms with E-state index in [9.17, 15) is 9.90 Å². The number of hydrogen-bond acceptors (Lipinski definition) is 6. The van der Waals surface area contributed by atoms with Crippen molar-refractivity contribution in [1.29, 1.82) is 0 Å². The summed E-state index contributed by atoms with van der Waals surface area (Å²) in [5.41, 5.74) is 0.763. The van der Waals surface area contributed by atoms with Crippen LogP contribution in [0, 0.1) is 0 Å². The average Bonchev–Trinajstić information content (AvgIpc) is 2.96. The summed E-state index contributed by atoms with van der Waals surface area (Å²) in [6.07, 6.45) is 1.53. The highest BCUT2D eigenvalue weighted by Gasteiger charge is 2.26. The van der Waals surface area contributed by atoms with Gasteiger partial charge in [0, 0.05) is 0 Å². The van der Waals surface area contributed by atoms with Crippen LogP contribution in [0.25, 0.3) is 0 Å². The van der Waals surface area contributed by atoms with E-state index < -0.39 is 12.0 Å². The Morgan fingerprint density at radius 3 is 3.05 bits per heavy atom. The van der Waals surface area contributed by atoms with Crippen molar-refractivity contribution in [2.75, 3.05) is 11.9 Å². The standard InChI is InChI=1S/C13H12ClN5O3/c1-2-22-11-4-3-7(5-8(11)14)10-6-9(12(20)21)15-13-16-17-18-19(10)13/h3-6,10H,2H2,1H3,(H,20,21)(H,15,16,18)/t10-/m0/s1. The van der Waals surface area contributed by atoms with E-state index in [1.54, 1.807) is 18.2 Å². The quantitative estimate of drug-likeness (QED) is 0.883. The molecule has 1 atom stereocenters. The van der Waals surface area contributed by atoms with Crippen LogP contribution < -0.4 is 10.1 Å². The lowest BCUT2D eigenvalue weighted by atomic mass is 10.0. The van der Waals surface area contributed by atoms with E-state index in [1.807, 2.05) is 6.92 Å². The van der Waals surface area contributed by atoms with Crippen molar-refractivity contribution in [2.24, 2.45) is 0 Å². The van der Waals surface area contributed by atoms with Crippen molar-refractivity contribution in [1.82, 2.24) is 20.2 Å². The number of aliphatic carboxylic acids is 1. The monoisotopic (exact) mass is 321 g/mol. The predicted molar refractivity (Wildman–Crippen MR) is 77.9 cm³/mol. The van der Waals surface area contributed by atoms with Gasteiger partial charge in [0.05, 0.1) is 11.6 Å². The number of hydrogen-bond donors (Lipinski definition) is 2. The molecule has 0 fully saturated rings. The molecule has 1 aliphatic heterocycles. The first kappa shape index (κ1) is 14.3. The number of halogens is 1. The molecule has 0 spiro atoms. The summed E-state index contributed by atoms with van der Waals surface area (Å²) in [5.74, 6) is -0.257. The Morgan fingerprint density at radius 2 is 2.36 bits per heavy atom. The third-order valence-electron chi connectivity index (χ3n) is 3.16. The van der Waals surface area contributed by atoms with Crippen LogP contribution in [0.3, 0.4) is 0 Å². The van der Waals surface area contributed by atoms with Crippen molar-refractivity contribution >= 4 is 23.5 Å². The Hall–Kier alpha value is -2.61. The molecule has 22 heavy (non-hydrogen) atoms. The fraction of sp³-hybridized carbons (Fsp3) is 0.231. The van der Waals surface area contributed by atoms with Crippen LogP contribution >= 0.6 is 11.6 Å². The van der Waals surface area contributed by atoms with Gasteiger partial charge in [-0.3, -0.25) is 0 Å². The van der Waals surface area contributed by atoms with Gasteiger partial charge < -0.3 is 15.2 Å². The summed E-state index contributed by atoms with van der Waals surface area (Å²) in [6.45, 7) is 2.37. The molecule has 2 aromatic rings. The lowest BCUT2D eigenvalue weighted by Crippen LogP contribution is -2.24. The number of ether oxygens (including phenoxy) is 1. The second-order valence-electron chi connectivity index (χ2n) is 4.53. The number of fused-ring (bicyclic) bond motifs is 1. The van der Waals surface area contributed by atoms with Crippen molar-refractivity contribution in [3.63, 3.8) is 0 Å². The summed E-state index contributed by atoms with van der Waals surface area (Å²) < 4.78 is 6.88. The molecule has 8 nitrogen and oxygen atoms in total. The van der Waals surface area contributed by atoms with Crippen molar-refractivity contribution < 1.29 is 14.6 Å². The fourth-order valence-electron chi connectivity index (χ4n) is 2.19. The Morgan fingerprint density at radius 1 is 1.55 bits per heavy atom. The Labute approximate surface area is 130 Å². The lowest BCUT2D eigenvalue weighted by Gasteiger charge is -2.22. The largest absolute Gasteiger partial charge is 0.492 e. The number of allylic oxidation sites excluding steroid dienone is 1. The molecule has 0 radical (unpaired) electrons. The minimum atomic E-state index is -1.09. The lowest BCUT2D eigenvalue weighted by molar-refractivity contribution is -0.132. The van der Waals surface area contributed by atoms with Crippen LogP contribution in [-0.4, -0.2) is 37.9 Å². The molecule has 2 heterocycles. The van der Waals surface area contributed by atoms with Gasteiger partial charge in [0.2, 0.25) is 5.95 Å². The molecule has 1 aromatic heterocycles. The summed E-state index contributed by atoms with van der Waals surface area (Å²) in [6, 6.07) is 4.78.